The van der Waals surface area contributed by atoms with E-state index in [9.17, 15) is 5.11 Å². The molecule has 92 valence electrons. The van der Waals surface area contributed by atoms with Crippen molar-refractivity contribution in [2.24, 2.45) is 11.8 Å². The number of benzene rings is 1. The van der Waals surface area contributed by atoms with Gasteiger partial charge in [0.15, 0.2) is 0 Å². The van der Waals surface area contributed by atoms with E-state index in [1.165, 1.54) is 18.4 Å². The molecule has 2 fully saturated rings. The minimum Gasteiger partial charge on any atom is -0.496 e. The summed E-state index contributed by atoms with van der Waals surface area (Å²) in [6.07, 6.45) is 4.85. The number of fused-ring (bicyclic) bond motifs is 1. The molecule has 0 spiro atoms. The molecule has 0 saturated heterocycles. The number of methoxy groups -OCH3 is 1. The third-order valence-corrected chi connectivity index (χ3v) is 4.57. The van der Waals surface area contributed by atoms with E-state index in [0.29, 0.717) is 11.8 Å². The van der Waals surface area contributed by atoms with E-state index >= 15 is 0 Å². The number of aliphatic hydroxyl groups is 1. The lowest BCUT2D eigenvalue weighted by Gasteiger charge is -2.16. The van der Waals surface area contributed by atoms with E-state index in [2.05, 4.69) is 13.0 Å². The summed E-state index contributed by atoms with van der Waals surface area (Å²) in [7, 11) is 1.68. The van der Waals surface area contributed by atoms with E-state index in [4.69, 9.17) is 4.74 Å². The molecule has 0 aliphatic heterocycles. The summed E-state index contributed by atoms with van der Waals surface area (Å²) in [5.41, 5.74) is 1.60. The lowest BCUT2D eigenvalue weighted by atomic mass is 10.0. The number of ether oxygens (including phenoxy) is 1. The lowest BCUT2D eigenvalue weighted by molar-refractivity contribution is 0.114. The van der Waals surface area contributed by atoms with Crippen LogP contribution >= 0.6 is 0 Å². The minimum absolute atomic E-state index is 0.465. The van der Waals surface area contributed by atoms with Gasteiger partial charge in [0.1, 0.15) is 5.75 Å². The molecule has 0 aromatic heterocycles. The van der Waals surface area contributed by atoms with Crippen LogP contribution in [0, 0.1) is 18.8 Å². The Morgan fingerprint density at radius 2 is 1.88 bits per heavy atom. The first kappa shape index (κ1) is 11.1. The Hall–Kier alpha value is -1.02. The Balaban J connectivity index is 2.01. The Morgan fingerprint density at radius 3 is 2.47 bits per heavy atom. The quantitative estimate of drug-likeness (QED) is 0.849. The molecule has 0 radical (unpaired) electrons. The molecular weight excluding hydrogens is 212 g/mol. The van der Waals surface area contributed by atoms with Gasteiger partial charge in [0.05, 0.1) is 12.7 Å². The van der Waals surface area contributed by atoms with E-state index in [0.717, 1.165) is 24.2 Å². The summed E-state index contributed by atoms with van der Waals surface area (Å²) >= 11 is 0. The average molecular weight is 232 g/mol. The van der Waals surface area contributed by atoms with Gasteiger partial charge in [-0.15, -0.1) is 0 Å². The maximum absolute atomic E-state index is 10.9. The van der Waals surface area contributed by atoms with Gasteiger partial charge in [-0.05, 0) is 43.7 Å². The van der Waals surface area contributed by atoms with E-state index in [1.54, 1.807) is 7.11 Å². The van der Waals surface area contributed by atoms with Gasteiger partial charge < -0.3 is 9.84 Å². The van der Waals surface area contributed by atoms with Crippen molar-refractivity contribution in [1.29, 1.82) is 0 Å². The van der Waals surface area contributed by atoms with Gasteiger partial charge in [-0.25, -0.2) is 0 Å². The van der Waals surface area contributed by atoms with Crippen LogP contribution in [0.25, 0.3) is 0 Å². The van der Waals surface area contributed by atoms with Crippen molar-refractivity contribution in [3.63, 3.8) is 0 Å². The highest BCUT2D eigenvalue weighted by molar-refractivity contribution is 5.46. The maximum Gasteiger partial charge on any atom is 0.124 e. The first-order valence-electron chi connectivity index (χ1n) is 6.55. The highest BCUT2D eigenvalue weighted by Gasteiger charge is 2.65. The first-order chi connectivity index (χ1) is 8.17. The van der Waals surface area contributed by atoms with Crippen molar-refractivity contribution in [3.05, 3.63) is 29.3 Å². The summed E-state index contributed by atoms with van der Waals surface area (Å²) in [6.45, 7) is 2.07. The van der Waals surface area contributed by atoms with Gasteiger partial charge in [0.2, 0.25) is 0 Å². The van der Waals surface area contributed by atoms with E-state index in [-0.39, 0.29) is 0 Å². The summed E-state index contributed by atoms with van der Waals surface area (Å²) in [4.78, 5) is 0. The largest absolute Gasteiger partial charge is 0.496 e. The zero-order chi connectivity index (χ0) is 12.0. The molecule has 17 heavy (non-hydrogen) atoms. The van der Waals surface area contributed by atoms with Crippen LogP contribution < -0.4 is 4.74 Å². The summed E-state index contributed by atoms with van der Waals surface area (Å²) in [6, 6.07) is 6.11. The minimum atomic E-state index is -0.603. The van der Waals surface area contributed by atoms with Crippen LogP contribution in [0.5, 0.6) is 5.75 Å². The molecule has 2 atom stereocenters. The van der Waals surface area contributed by atoms with Crippen LogP contribution in [0.3, 0.4) is 0 Å². The summed E-state index contributed by atoms with van der Waals surface area (Å²) in [5.74, 6) is 1.77. The Morgan fingerprint density at radius 1 is 1.24 bits per heavy atom. The molecule has 0 bridgehead atoms. The van der Waals surface area contributed by atoms with Gasteiger partial charge in [-0.2, -0.15) is 0 Å². The Bertz CT molecular complexity index is 427. The zero-order valence-electron chi connectivity index (χ0n) is 10.6. The standard InChI is InChI=1S/C15H20O2/c1-10-7-8-14(17-2)13(9-10)15(16)11-5-3-4-6-12(11)15/h7-9,11-12,16H,3-6H2,1-2H3. The van der Waals surface area contributed by atoms with Crippen LogP contribution in [-0.2, 0) is 5.60 Å². The van der Waals surface area contributed by atoms with Crippen molar-refractivity contribution < 1.29 is 9.84 Å². The predicted octanol–water partition coefficient (Wildman–Crippen LogP) is 3.01. The third kappa shape index (κ3) is 1.50. The second-order valence-corrected chi connectivity index (χ2v) is 5.53. The molecule has 1 aromatic carbocycles. The molecule has 2 nitrogen and oxygen atoms in total. The molecule has 2 heteroatoms. The van der Waals surface area contributed by atoms with Crippen LogP contribution in [-0.4, -0.2) is 12.2 Å². The van der Waals surface area contributed by atoms with Crippen molar-refractivity contribution in [3.8, 4) is 5.75 Å². The molecule has 3 rings (SSSR count). The van der Waals surface area contributed by atoms with Crippen LogP contribution in [0.1, 0.15) is 36.8 Å². The smallest absolute Gasteiger partial charge is 0.124 e. The second kappa shape index (κ2) is 3.74. The van der Waals surface area contributed by atoms with Gasteiger partial charge in [0.25, 0.3) is 0 Å². The molecule has 1 aromatic rings. The monoisotopic (exact) mass is 232 g/mol. The fourth-order valence-electron chi connectivity index (χ4n) is 3.63. The Kier molecular flexibility index (Phi) is 2.44. The fraction of sp³-hybridized carbons (Fsp3) is 0.600. The molecular formula is C15H20O2. The molecule has 1 N–H and O–H groups in total. The normalized spacial score (nSPS) is 35.2. The van der Waals surface area contributed by atoms with Crippen molar-refractivity contribution >= 4 is 0 Å². The van der Waals surface area contributed by atoms with Crippen molar-refractivity contribution in [2.45, 2.75) is 38.2 Å². The lowest BCUT2D eigenvalue weighted by Crippen LogP contribution is -2.12. The molecule has 2 saturated carbocycles. The molecule has 2 aliphatic carbocycles. The van der Waals surface area contributed by atoms with Crippen LogP contribution in [0.4, 0.5) is 0 Å². The van der Waals surface area contributed by atoms with E-state index in [1.807, 2.05) is 12.1 Å². The second-order valence-electron chi connectivity index (χ2n) is 5.53. The molecule has 0 heterocycles. The van der Waals surface area contributed by atoms with Crippen molar-refractivity contribution in [2.75, 3.05) is 7.11 Å². The van der Waals surface area contributed by atoms with Crippen molar-refractivity contribution in [1.82, 2.24) is 0 Å². The van der Waals surface area contributed by atoms with Gasteiger partial charge in [0, 0.05) is 5.56 Å². The summed E-state index contributed by atoms with van der Waals surface area (Å²) < 4.78 is 5.41. The number of hydrogen-bond donors (Lipinski definition) is 1. The third-order valence-electron chi connectivity index (χ3n) is 4.57. The maximum atomic E-state index is 10.9. The molecule has 2 unspecified atom stereocenters. The number of aryl methyl sites for hydroxylation is 1. The highest BCUT2D eigenvalue weighted by atomic mass is 16.5. The predicted molar refractivity (Wildman–Crippen MR) is 67.1 cm³/mol. The Labute approximate surface area is 103 Å². The van der Waals surface area contributed by atoms with Gasteiger partial charge in [-0.1, -0.05) is 24.5 Å². The average Bonchev–Trinajstić information content (AvgIpc) is 2.97. The number of rotatable bonds is 2. The summed E-state index contributed by atoms with van der Waals surface area (Å²) in [5, 5.41) is 10.9. The zero-order valence-corrected chi connectivity index (χ0v) is 10.6. The highest BCUT2D eigenvalue weighted by Crippen LogP contribution is 2.65. The fourth-order valence-corrected chi connectivity index (χ4v) is 3.63. The van der Waals surface area contributed by atoms with E-state index < -0.39 is 5.60 Å². The van der Waals surface area contributed by atoms with Crippen LogP contribution in [0.2, 0.25) is 0 Å². The SMILES string of the molecule is COc1ccc(C)cc1C1(O)C2CCCCC21. The van der Waals surface area contributed by atoms with Crippen LogP contribution in [0.15, 0.2) is 18.2 Å². The first-order valence-corrected chi connectivity index (χ1v) is 6.55. The van der Waals surface area contributed by atoms with Gasteiger partial charge in [-0.3, -0.25) is 0 Å². The topological polar surface area (TPSA) is 29.5 Å². The van der Waals surface area contributed by atoms with Gasteiger partial charge >= 0.3 is 0 Å². The molecule has 2 aliphatic rings. The number of hydrogen-bond acceptors (Lipinski definition) is 2. The molecule has 0 amide bonds.